The van der Waals surface area contributed by atoms with Gasteiger partial charge in [0.05, 0.1) is 0 Å². The molecule has 1 rings (SSSR count). The van der Waals surface area contributed by atoms with Gasteiger partial charge in [0.25, 0.3) is 0 Å². The number of rotatable bonds is 5. The van der Waals surface area contributed by atoms with Gasteiger partial charge in [0, 0.05) is 12.5 Å². The molecule has 1 aromatic rings. The summed E-state index contributed by atoms with van der Waals surface area (Å²) in [6.45, 7) is 6.48. The molecule has 0 bridgehead atoms. The molecular weight excluding hydrogens is 196 g/mol. The molecule has 1 atom stereocenters. The van der Waals surface area contributed by atoms with Crippen LogP contribution in [0.15, 0.2) is 4.52 Å². The molecular formula is C9H16N4O2. The predicted molar refractivity (Wildman–Crippen MR) is 55.4 cm³/mol. The number of amides is 1. The van der Waals surface area contributed by atoms with Crippen LogP contribution >= 0.6 is 0 Å². The molecule has 1 amide bonds. The number of anilines is 1. The maximum absolute atomic E-state index is 11.4. The zero-order chi connectivity index (χ0) is 11.3. The SMILES string of the molecule is CCNC(C)CC(=O)Nc1nc(C)no1. The van der Waals surface area contributed by atoms with E-state index in [9.17, 15) is 4.79 Å². The Hall–Kier alpha value is -1.43. The molecule has 0 aromatic carbocycles. The number of nitrogens with one attached hydrogen (secondary N) is 2. The van der Waals surface area contributed by atoms with E-state index in [1.54, 1.807) is 6.92 Å². The van der Waals surface area contributed by atoms with Gasteiger partial charge in [-0.1, -0.05) is 12.1 Å². The molecule has 6 heteroatoms. The Kier molecular flexibility index (Phi) is 4.23. The fraction of sp³-hybridized carbons (Fsp3) is 0.667. The van der Waals surface area contributed by atoms with Gasteiger partial charge in [-0.25, -0.2) is 0 Å². The first-order chi connectivity index (χ1) is 7.11. The molecule has 0 aliphatic carbocycles. The van der Waals surface area contributed by atoms with Gasteiger partial charge in [-0.3, -0.25) is 10.1 Å². The Morgan fingerprint density at radius 3 is 2.87 bits per heavy atom. The molecule has 0 aliphatic rings. The maximum atomic E-state index is 11.4. The average molecular weight is 212 g/mol. The Morgan fingerprint density at radius 2 is 2.33 bits per heavy atom. The summed E-state index contributed by atoms with van der Waals surface area (Å²) in [7, 11) is 0. The van der Waals surface area contributed by atoms with Crippen LogP contribution < -0.4 is 10.6 Å². The van der Waals surface area contributed by atoms with Gasteiger partial charge in [0.2, 0.25) is 5.91 Å². The van der Waals surface area contributed by atoms with E-state index >= 15 is 0 Å². The third kappa shape index (κ3) is 4.07. The second-order valence-corrected chi connectivity index (χ2v) is 3.36. The van der Waals surface area contributed by atoms with Crippen LogP contribution in [0, 0.1) is 6.92 Å². The van der Waals surface area contributed by atoms with E-state index in [-0.39, 0.29) is 18.0 Å². The van der Waals surface area contributed by atoms with Crippen LogP contribution in [0.3, 0.4) is 0 Å². The normalized spacial score (nSPS) is 12.5. The number of carbonyl (C=O) groups excluding carboxylic acids is 1. The Balaban J connectivity index is 2.36. The van der Waals surface area contributed by atoms with Crippen LogP contribution in [-0.2, 0) is 4.79 Å². The first kappa shape index (κ1) is 11.6. The Morgan fingerprint density at radius 1 is 1.60 bits per heavy atom. The minimum atomic E-state index is -0.132. The van der Waals surface area contributed by atoms with Crippen LogP contribution in [0.4, 0.5) is 6.01 Å². The smallest absolute Gasteiger partial charge is 0.315 e. The van der Waals surface area contributed by atoms with Crippen molar-refractivity contribution in [2.45, 2.75) is 33.2 Å². The largest absolute Gasteiger partial charge is 0.328 e. The van der Waals surface area contributed by atoms with Crippen LogP contribution in [-0.4, -0.2) is 28.6 Å². The lowest BCUT2D eigenvalue weighted by Crippen LogP contribution is -2.30. The van der Waals surface area contributed by atoms with Crippen molar-refractivity contribution < 1.29 is 9.32 Å². The summed E-state index contributed by atoms with van der Waals surface area (Å²) >= 11 is 0. The molecule has 2 N–H and O–H groups in total. The van der Waals surface area contributed by atoms with Crippen LogP contribution in [0.2, 0.25) is 0 Å². The molecule has 0 aliphatic heterocycles. The van der Waals surface area contributed by atoms with Gasteiger partial charge in [-0.05, 0) is 20.4 Å². The number of carbonyl (C=O) groups is 1. The third-order valence-corrected chi connectivity index (χ3v) is 1.82. The lowest BCUT2D eigenvalue weighted by molar-refractivity contribution is -0.116. The molecule has 1 aromatic heterocycles. The fourth-order valence-electron chi connectivity index (χ4n) is 1.22. The minimum absolute atomic E-state index is 0.132. The van der Waals surface area contributed by atoms with E-state index in [1.165, 1.54) is 0 Å². The number of aromatic nitrogens is 2. The highest BCUT2D eigenvalue weighted by molar-refractivity contribution is 5.88. The second-order valence-electron chi connectivity index (χ2n) is 3.36. The zero-order valence-corrected chi connectivity index (χ0v) is 9.20. The van der Waals surface area contributed by atoms with E-state index in [1.807, 2.05) is 13.8 Å². The van der Waals surface area contributed by atoms with Crippen molar-refractivity contribution in [3.05, 3.63) is 5.82 Å². The summed E-state index contributed by atoms with van der Waals surface area (Å²) in [6.07, 6.45) is 0.384. The van der Waals surface area contributed by atoms with Crippen molar-refractivity contribution in [3.8, 4) is 0 Å². The summed E-state index contributed by atoms with van der Waals surface area (Å²) in [6, 6.07) is 0.292. The summed E-state index contributed by atoms with van der Waals surface area (Å²) < 4.78 is 4.76. The van der Waals surface area contributed by atoms with Crippen LogP contribution in [0.25, 0.3) is 0 Å². The van der Waals surface area contributed by atoms with Crippen LogP contribution in [0.5, 0.6) is 0 Å². The topological polar surface area (TPSA) is 80.0 Å². The second kappa shape index (κ2) is 5.45. The number of aryl methyl sites for hydroxylation is 1. The Bertz CT molecular complexity index is 324. The molecule has 0 radical (unpaired) electrons. The zero-order valence-electron chi connectivity index (χ0n) is 9.20. The van der Waals surface area contributed by atoms with Gasteiger partial charge in [0.1, 0.15) is 0 Å². The van der Waals surface area contributed by atoms with Gasteiger partial charge in [0.15, 0.2) is 5.82 Å². The standard InChI is InChI=1S/C9H16N4O2/c1-4-10-6(2)5-8(14)12-9-11-7(3)13-15-9/h6,10H,4-5H2,1-3H3,(H,11,12,13,14). The van der Waals surface area contributed by atoms with E-state index in [0.29, 0.717) is 12.2 Å². The molecule has 1 unspecified atom stereocenters. The summed E-state index contributed by atoms with van der Waals surface area (Å²) in [5.41, 5.74) is 0. The van der Waals surface area contributed by atoms with Gasteiger partial charge in [-0.15, -0.1) is 0 Å². The first-order valence-corrected chi connectivity index (χ1v) is 4.95. The molecule has 0 saturated heterocycles. The molecule has 0 saturated carbocycles. The van der Waals surface area contributed by atoms with Crippen molar-refractivity contribution in [2.24, 2.45) is 0 Å². The number of hydrogen-bond acceptors (Lipinski definition) is 5. The molecule has 0 spiro atoms. The van der Waals surface area contributed by atoms with Crippen molar-refractivity contribution in [1.29, 1.82) is 0 Å². The first-order valence-electron chi connectivity index (χ1n) is 4.95. The van der Waals surface area contributed by atoms with Crippen LogP contribution in [0.1, 0.15) is 26.1 Å². The predicted octanol–water partition coefficient (Wildman–Crippen LogP) is 0.705. The maximum Gasteiger partial charge on any atom is 0.328 e. The average Bonchev–Trinajstić information content (AvgIpc) is 2.51. The molecule has 15 heavy (non-hydrogen) atoms. The van der Waals surface area contributed by atoms with Crippen molar-refractivity contribution in [1.82, 2.24) is 15.5 Å². The molecule has 84 valence electrons. The highest BCUT2D eigenvalue weighted by atomic mass is 16.5. The Labute approximate surface area is 88.4 Å². The number of nitrogens with zero attached hydrogens (tertiary/aromatic N) is 2. The van der Waals surface area contributed by atoms with E-state index in [2.05, 4.69) is 20.8 Å². The lowest BCUT2D eigenvalue weighted by atomic mass is 10.2. The number of hydrogen-bond donors (Lipinski definition) is 2. The van der Waals surface area contributed by atoms with E-state index in [0.717, 1.165) is 6.54 Å². The van der Waals surface area contributed by atoms with Gasteiger partial charge >= 0.3 is 6.01 Å². The summed E-state index contributed by atoms with van der Waals surface area (Å²) in [5, 5.41) is 9.24. The molecule has 0 fully saturated rings. The third-order valence-electron chi connectivity index (χ3n) is 1.82. The van der Waals surface area contributed by atoms with Crippen molar-refractivity contribution >= 4 is 11.9 Å². The van der Waals surface area contributed by atoms with Crippen molar-refractivity contribution in [2.75, 3.05) is 11.9 Å². The van der Waals surface area contributed by atoms with E-state index in [4.69, 9.17) is 4.52 Å². The van der Waals surface area contributed by atoms with Gasteiger partial charge in [-0.2, -0.15) is 4.98 Å². The summed E-state index contributed by atoms with van der Waals surface area (Å²) in [4.78, 5) is 15.3. The van der Waals surface area contributed by atoms with Gasteiger partial charge < -0.3 is 9.84 Å². The lowest BCUT2D eigenvalue weighted by Gasteiger charge is -2.10. The highest BCUT2D eigenvalue weighted by Gasteiger charge is 2.11. The molecule has 6 nitrogen and oxygen atoms in total. The monoisotopic (exact) mass is 212 g/mol. The fourth-order valence-corrected chi connectivity index (χ4v) is 1.22. The minimum Gasteiger partial charge on any atom is -0.315 e. The summed E-state index contributed by atoms with van der Waals surface area (Å²) in [5.74, 6) is 0.372. The molecule has 1 heterocycles. The van der Waals surface area contributed by atoms with E-state index < -0.39 is 0 Å². The van der Waals surface area contributed by atoms with Crippen molar-refractivity contribution in [3.63, 3.8) is 0 Å². The quantitative estimate of drug-likeness (QED) is 0.751. The highest BCUT2D eigenvalue weighted by Crippen LogP contribution is 2.03.